The summed E-state index contributed by atoms with van der Waals surface area (Å²) in [4.78, 5) is 22.8. The van der Waals surface area contributed by atoms with Gasteiger partial charge < -0.3 is 0 Å². The molecular weight excluding hydrogens is 394 g/mol. The van der Waals surface area contributed by atoms with Gasteiger partial charge in [-0.3, -0.25) is 4.90 Å². The minimum absolute atomic E-state index is 0.136. The monoisotopic (exact) mass is 417 g/mol. The standard InChI is InChI=1S/C28H23N3O/c1-21-17-19-25(20-18-21)31-27(23-13-7-3-8-14-23)29-26(22-11-5-2-6-12-22)30(28(31)32)24-15-9-4-10-16-24/h2-20,26H,1H3. The van der Waals surface area contributed by atoms with Gasteiger partial charge in [-0.25, -0.2) is 14.7 Å². The van der Waals surface area contributed by atoms with Crippen molar-refractivity contribution in [3.8, 4) is 0 Å². The molecule has 4 aromatic carbocycles. The van der Waals surface area contributed by atoms with E-state index >= 15 is 0 Å². The third-order valence-electron chi connectivity index (χ3n) is 5.55. The van der Waals surface area contributed by atoms with E-state index in [1.54, 1.807) is 9.80 Å². The summed E-state index contributed by atoms with van der Waals surface area (Å²) in [6, 6.07) is 37.4. The second-order valence-electron chi connectivity index (χ2n) is 7.76. The number of hydrogen-bond acceptors (Lipinski definition) is 2. The number of amidine groups is 1. The van der Waals surface area contributed by atoms with Crippen LogP contribution >= 0.6 is 0 Å². The van der Waals surface area contributed by atoms with E-state index < -0.39 is 6.17 Å². The van der Waals surface area contributed by atoms with E-state index in [2.05, 4.69) is 0 Å². The van der Waals surface area contributed by atoms with E-state index in [4.69, 9.17) is 4.99 Å². The van der Waals surface area contributed by atoms with E-state index in [1.165, 1.54) is 0 Å². The van der Waals surface area contributed by atoms with Crippen LogP contribution in [0.1, 0.15) is 22.9 Å². The highest BCUT2D eigenvalue weighted by Gasteiger charge is 2.38. The molecule has 0 N–H and O–H groups in total. The van der Waals surface area contributed by atoms with Gasteiger partial charge in [0, 0.05) is 11.3 Å². The lowest BCUT2D eigenvalue weighted by Gasteiger charge is -2.40. The van der Waals surface area contributed by atoms with Gasteiger partial charge in [0.1, 0.15) is 5.84 Å². The maximum atomic E-state index is 14.1. The van der Waals surface area contributed by atoms with E-state index in [1.807, 2.05) is 122 Å². The Bertz CT molecular complexity index is 1240. The first-order chi connectivity index (χ1) is 15.7. The molecule has 4 nitrogen and oxygen atoms in total. The number of hydrogen-bond donors (Lipinski definition) is 0. The summed E-state index contributed by atoms with van der Waals surface area (Å²) < 4.78 is 0. The lowest BCUT2D eigenvalue weighted by molar-refractivity contribution is 0.251. The zero-order valence-electron chi connectivity index (χ0n) is 17.8. The second kappa shape index (κ2) is 8.52. The molecule has 0 aromatic heterocycles. The SMILES string of the molecule is Cc1ccc(N2C(=O)N(c3ccccc3)C(c3ccccc3)N=C2c2ccccc2)cc1. The molecule has 0 saturated heterocycles. The van der Waals surface area contributed by atoms with Crippen LogP contribution in [0.4, 0.5) is 16.2 Å². The first-order valence-corrected chi connectivity index (χ1v) is 10.7. The topological polar surface area (TPSA) is 35.9 Å². The molecule has 4 aromatic rings. The summed E-state index contributed by atoms with van der Waals surface area (Å²) in [6.45, 7) is 2.04. The Labute approximate surface area is 188 Å². The Balaban J connectivity index is 1.74. The summed E-state index contributed by atoms with van der Waals surface area (Å²) in [7, 11) is 0. The van der Waals surface area contributed by atoms with Gasteiger partial charge in [0.05, 0.1) is 5.69 Å². The number of anilines is 2. The van der Waals surface area contributed by atoms with E-state index in [0.717, 1.165) is 28.1 Å². The molecule has 0 saturated carbocycles. The molecule has 1 unspecified atom stereocenters. The molecular formula is C28H23N3O. The Morgan fingerprint density at radius 1 is 0.656 bits per heavy atom. The van der Waals surface area contributed by atoms with Crippen LogP contribution in [0.15, 0.2) is 120 Å². The van der Waals surface area contributed by atoms with Gasteiger partial charge in [-0.15, -0.1) is 0 Å². The van der Waals surface area contributed by atoms with Crippen LogP contribution < -0.4 is 9.80 Å². The van der Waals surface area contributed by atoms with Crippen LogP contribution in [0.2, 0.25) is 0 Å². The predicted octanol–water partition coefficient (Wildman–Crippen LogP) is 6.59. The van der Waals surface area contributed by atoms with Gasteiger partial charge in [-0.05, 0) is 36.8 Å². The van der Waals surface area contributed by atoms with Crippen LogP contribution in [0.3, 0.4) is 0 Å². The highest BCUT2D eigenvalue weighted by Crippen LogP contribution is 2.36. The molecule has 2 amide bonds. The minimum atomic E-state index is -0.469. The van der Waals surface area contributed by atoms with Gasteiger partial charge in [-0.1, -0.05) is 96.6 Å². The molecule has 1 aliphatic rings. The highest BCUT2D eigenvalue weighted by molar-refractivity contribution is 6.28. The van der Waals surface area contributed by atoms with Gasteiger partial charge in [0.25, 0.3) is 0 Å². The van der Waals surface area contributed by atoms with Crippen molar-refractivity contribution in [2.75, 3.05) is 9.80 Å². The lowest BCUT2D eigenvalue weighted by Crippen LogP contribution is -2.52. The summed E-state index contributed by atoms with van der Waals surface area (Å²) >= 11 is 0. The largest absolute Gasteiger partial charge is 0.336 e. The van der Waals surface area contributed by atoms with Crippen molar-refractivity contribution < 1.29 is 4.79 Å². The number of benzene rings is 4. The second-order valence-corrected chi connectivity index (χ2v) is 7.76. The fraction of sp³-hybridized carbons (Fsp3) is 0.0714. The number of para-hydroxylation sites is 1. The Morgan fingerprint density at radius 2 is 1.22 bits per heavy atom. The first kappa shape index (κ1) is 19.8. The van der Waals surface area contributed by atoms with Crippen LogP contribution in [0.5, 0.6) is 0 Å². The predicted molar refractivity (Wildman–Crippen MR) is 130 cm³/mol. The quantitative estimate of drug-likeness (QED) is 0.369. The van der Waals surface area contributed by atoms with E-state index in [-0.39, 0.29) is 6.03 Å². The number of urea groups is 1. The molecule has 1 aliphatic heterocycles. The number of amides is 2. The van der Waals surface area contributed by atoms with Crippen molar-refractivity contribution >= 4 is 23.2 Å². The Hall–Kier alpha value is -4.18. The zero-order chi connectivity index (χ0) is 21.9. The van der Waals surface area contributed by atoms with Crippen molar-refractivity contribution in [2.45, 2.75) is 13.1 Å². The molecule has 0 radical (unpaired) electrons. The number of nitrogens with zero attached hydrogens (tertiary/aromatic N) is 3. The molecule has 0 aliphatic carbocycles. The number of aliphatic imine (C=N–C) groups is 1. The smallest absolute Gasteiger partial charge is 0.267 e. The van der Waals surface area contributed by atoms with Gasteiger partial charge in [0.2, 0.25) is 0 Å². The minimum Gasteiger partial charge on any atom is -0.267 e. The molecule has 1 atom stereocenters. The van der Waals surface area contributed by atoms with E-state index in [9.17, 15) is 4.79 Å². The normalized spacial score (nSPS) is 16.1. The average molecular weight is 418 g/mol. The van der Waals surface area contributed by atoms with Crippen molar-refractivity contribution in [1.82, 2.24) is 0 Å². The first-order valence-electron chi connectivity index (χ1n) is 10.7. The van der Waals surface area contributed by atoms with Gasteiger partial charge in [0.15, 0.2) is 6.17 Å². The number of aryl methyl sites for hydroxylation is 1. The summed E-state index contributed by atoms with van der Waals surface area (Å²) in [5.74, 6) is 0.639. The maximum absolute atomic E-state index is 14.1. The summed E-state index contributed by atoms with van der Waals surface area (Å²) in [6.07, 6.45) is -0.469. The summed E-state index contributed by atoms with van der Waals surface area (Å²) in [5, 5.41) is 0. The molecule has 32 heavy (non-hydrogen) atoms. The van der Waals surface area contributed by atoms with Crippen molar-refractivity contribution in [2.24, 2.45) is 4.99 Å². The van der Waals surface area contributed by atoms with Crippen LogP contribution in [-0.4, -0.2) is 11.9 Å². The highest BCUT2D eigenvalue weighted by atomic mass is 16.2. The van der Waals surface area contributed by atoms with Crippen molar-refractivity contribution in [1.29, 1.82) is 0 Å². The molecule has 0 spiro atoms. The van der Waals surface area contributed by atoms with Crippen molar-refractivity contribution in [3.63, 3.8) is 0 Å². The fourth-order valence-electron chi connectivity index (χ4n) is 3.94. The Kier molecular flexibility index (Phi) is 5.26. The molecule has 1 heterocycles. The molecule has 0 bridgehead atoms. The zero-order valence-corrected chi connectivity index (χ0v) is 17.8. The summed E-state index contributed by atoms with van der Waals surface area (Å²) in [5.41, 5.74) is 4.59. The van der Waals surface area contributed by atoms with Crippen LogP contribution in [0.25, 0.3) is 0 Å². The van der Waals surface area contributed by atoms with E-state index in [0.29, 0.717) is 5.84 Å². The fourth-order valence-corrected chi connectivity index (χ4v) is 3.94. The molecule has 0 fully saturated rings. The molecule has 4 heteroatoms. The van der Waals surface area contributed by atoms with Crippen LogP contribution in [-0.2, 0) is 0 Å². The maximum Gasteiger partial charge on any atom is 0.336 e. The molecule has 156 valence electrons. The van der Waals surface area contributed by atoms with Gasteiger partial charge in [-0.2, -0.15) is 0 Å². The average Bonchev–Trinajstić information content (AvgIpc) is 2.86. The third-order valence-corrected chi connectivity index (χ3v) is 5.55. The van der Waals surface area contributed by atoms with Crippen molar-refractivity contribution in [3.05, 3.63) is 132 Å². The number of carbonyl (C=O) groups excluding carboxylic acids is 1. The van der Waals surface area contributed by atoms with Gasteiger partial charge >= 0.3 is 6.03 Å². The molecule has 5 rings (SSSR count). The third kappa shape index (κ3) is 3.67. The Morgan fingerprint density at radius 3 is 1.84 bits per heavy atom. The number of carbonyl (C=O) groups is 1. The van der Waals surface area contributed by atoms with Crippen LogP contribution in [0, 0.1) is 6.92 Å². The number of rotatable bonds is 4. The lowest BCUT2D eigenvalue weighted by atomic mass is 10.1.